The van der Waals surface area contributed by atoms with E-state index in [9.17, 15) is 0 Å². The molecule has 0 N–H and O–H groups in total. The van der Waals surface area contributed by atoms with Crippen LogP contribution in [-0.2, 0) is 11.8 Å². The molecule has 0 amide bonds. The molecule has 0 aliphatic carbocycles. The summed E-state index contributed by atoms with van der Waals surface area (Å²) in [5.74, 6) is 1.48. The quantitative estimate of drug-likeness (QED) is 0.618. The van der Waals surface area contributed by atoms with Crippen LogP contribution in [0.2, 0.25) is 0 Å². The van der Waals surface area contributed by atoms with E-state index in [-0.39, 0.29) is 0 Å². The summed E-state index contributed by atoms with van der Waals surface area (Å²) in [4.78, 5) is 0. The van der Waals surface area contributed by atoms with Crippen LogP contribution in [-0.4, -0.2) is 27.5 Å². The summed E-state index contributed by atoms with van der Waals surface area (Å²) in [7, 11) is 1.97. The van der Waals surface area contributed by atoms with Crippen LogP contribution in [0.25, 0.3) is 0 Å². The second kappa shape index (κ2) is 2.86. The highest BCUT2D eigenvalue weighted by molar-refractivity contribution is 4.98. The van der Waals surface area contributed by atoms with Crippen molar-refractivity contribution in [2.75, 3.05) is 6.61 Å². The fourth-order valence-electron chi connectivity index (χ4n) is 1.66. The van der Waals surface area contributed by atoms with Gasteiger partial charge in [-0.25, -0.2) is 0 Å². The highest BCUT2D eigenvalue weighted by Crippen LogP contribution is 2.26. The monoisotopic (exact) mass is 167 g/mol. The summed E-state index contributed by atoms with van der Waals surface area (Å²) < 4.78 is 7.43. The maximum absolute atomic E-state index is 5.46. The Hall–Kier alpha value is -0.900. The van der Waals surface area contributed by atoms with E-state index >= 15 is 0 Å². The summed E-state index contributed by atoms with van der Waals surface area (Å²) in [6, 6.07) is 0. The molecular formula is C8H13N3O. The van der Waals surface area contributed by atoms with Crippen LogP contribution in [0.5, 0.6) is 0 Å². The SMILES string of the molecule is CC1CC(c2nncn2C)CO1. The highest BCUT2D eigenvalue weighted by Gasteiger charge is 2.26. The lowest BCUT2D eigenvalue weighted by atomic mass is 10.1. The minimum Gasteiger partial charge on any atom is -0.378 e. The Morgan fingerprint density at radius 3 is 3.00 bits per heavy atom. The van der Waals surface area contributed by atoms with Crippen LogP contribution in [0.15, 0.2) is 6.33 Å². The van der Waals surface area contributed by atoms with Crippen molar-refractivity contribution in [2.24, 2.45) is 7.05 Å². The fourth-order valence-corrected chi connectivity index (χ4v) is 1.66. The number of aromatic nitrogens is 3. The second-order valence-corrected chi connectivity index (χ2v) is 3.38. The van der Waals surface area contributed by atoms with E-state index in [1.54, 1.807) is 6.33 Å². The van der Waals surface area contributed by atoms with E-state index in [2.05, 4.69) is 17.1 Å². The Balaban J connectivity index is 2.16. The van der Waals surface area contributed by atoms with Crippen molar-refractivity contribution in [3.63, 3.8) is 0 Å². The first-order valence-corrected chi connectivity index (χ1v) is 4.23. The molecule has 2 heterocycles. The number of hydrogen-bond donors (Lipinski definition) is 0. The molecule has 1 saturated heterocycles. The van der Waals surface area contributed by atoms with Crippen molar-refractivity contribution < 1.29 is 4.74 Å². The summed E-state index contributed by atoms with van der Waals surface area (Å²) in [5, 5.41) is 7.91. The average molecular weight is 167 g/mol. The van der Waals surface area contributed by atoms with Gasteiger partial charge in [0.05, 0.1) is 12.7 Å². The molecule has 1 aromatic rings. The van der Waals surface area contributed by atoms with Crippen LogP contribution in [0.4, 0.5) is 0 Å². The topological polar surface area (TPSA) is 39.9 Å². The minimum absolute atomic E-state index is 0.367. The van der Waals surface area contributed by atoms with Gasteiger partial charge in [0.25, 0.3) is 0 Å². The van der Waals surface area contributed by atoms with Gasteiger partial charge in [-0.15, -0.1) is 10.2 Å². The fraction of sp³-hybridized carbons (Fsp3) is 0.750. The van der Waals surface area contributed by atoms with Crippen molar-refractivity contribution in [3.05, 3.63) is 12.2 Å². The molecule has 1 aliphatic heterocycles. The van der Waals surface area contributed by atoms with E-state index in [1.165, 1.54) is 0 Å². The van der Waals surface area contributed by atoms with Gasteiger partial charge in [-0.1, -0.05) is 0 Å². The summed E-state index contributed by atoms with van der Waals surface area (Å²) in [6.45, 7) is 2.88. The van der Waals surface area contributed by atoms with Crippen molar-refractivity contribution >= 4 is 0 Å². The largest absolute Gasteiger partial charge is 0.378 e. The molecule has 1 fully saturated rings. The summed E-state index contributed by atoms with van der Waals surface area (Å²) in [6.07, 6.45) is 3.16. The molecule has 0 saturated carbocycles. The summed E-state index contributed by atoms with van der Waals surface area (Å²) >= 11 is 0. The predicted molar refractivity (Wildman–Crippen MR) is 43.8 cm³/mol. The third kappa shape index (κ3) is 1.22. The van der Waals surface area contributed by atoms with Gasteiger partial charge < -0.3 is 9.30 Å². The first kappa shape index (κ1) is 7.73. The zero-order valence-corrected chi connectivity index (χ0v) is 7.40. The molecule has 1 aromatic heterocycles. The Morgan fingerprint density at radius 1 is 1.67 bits per heavy atom. The van der Waals surface area contributed by atoms with Crippen LogP contribution >= 0.6 is 0 Å². The molecule has 0 aromatic carbocycles. The Bertz CT molecular complexity index is 271. The third-order valence-corrected chi connectivity index (χ3v) is 2.31. The molecule has 2 rings (SSSR count). The van der Waals surface area contributed by atoms with Crippen LogP contribution < -0.4 is 0 Å². The minimum atomic E-state index is 0.367. The van der Waals surface area contributed by atoms with Gasteiger partial charge >= 0.3 is 0 Å². The van der Waals surface area contributed by atoms with Gasteiger partial charge in [-0.05, 0) is 13.3 Å². The normalized spacial score (nSPS) is 29.5. The number of ether oxygens (including phenoxy) is 1. The van der Waals surface area contributed by atoms with Gasteiger partial charge in [0, 0.05) is 13.0 Å². The molecule has 66 valence electrons. The van der Waals surface area contributed by atoms with E-state index < -0.39 is 0 Å². The van der Waals surface area contributed by atoms with Crippen molar-refractivity contribution in [3.8, 4) is 0 Å². The van der Waals surface area contributed by atoms with Crippen molar-refractivity contribution in [1.82, 2.24) is 14.8 Å². The maximum atomic E-state index is 5.46. The van der Waals surface area contributed by atoms with E-state index in [4.69, 9.17) is 4.74 Å². The molecule has 4 heteroatoms. The first-order valence-electron chi connectivity index (χ1n) is 4.23. The molecule has 1 aliphatic rings. The lowest BCUT2D eigenvalue weighted by Gasteiger charge is -2.04. The lowest BCUT2D eigenvalue weighted by molar-refractivity contribution is 0.123. The van der Waals surface area contributed by atoms with Gasteiger partial charge in [0.15, 0.2) is 0 Å². The average Bonchev–Trinajstić information content (AvgIpc) is 2.58. The van der Waals surface area contributed by atoms with E-state index in [0.717, 1.165) is 18.9 Å². The molecular weight excluding hydrogens is 154 g/mol. The first-order chi connectivity index (χ1) is 5.77. The Kier molecular flexibility index (Phi) is 1.84. The van der Waals surface area contributed by atoms with Gasteiger partial charge in [0.1, 0.15) is 12.2 Å². The maximum Gasteiger partial charge on any atom is 0.138 e. The van der Waals surface area contributed by atoms with Crippen LogP contribution in [0.1, 0.15) is 25.1 Å². The number of hydrogen-bond acceptors (Lipinski definition) is 3. The van der Waals surface area contributed by atoms with Gasteiger partial charge in [-0.2, -0.15) is 0 Å². The van der Waals surface area contributed by atoms with E-state index in [0.29, 0.717) is 12.0 Å². The Labute approximate surface area is 71.6 Å². The third-order valence-electron chi connectivity index (χ3n) is 2.31. The van der Waals surface area contributed by atoms with Gasteiger partial charge in [-0.3, -0.25) is 0 Å². The van der Waals surface area contributed by atoms with Crippen molar-refractivity contribution in [2.45, 2.75) is 25.4 Å². The zero-order chi connectivity index (χ0) is 8.55. The number of aryl methyl sites for hydroxylation is 1. The molecule has 0 radical (unpaired) electrons. The lowest BCUT2D eigenvalue weighted by Crippen LogP contribution is -2.05. The van der Waals surface area contributed by atoms with E-state index in [1.807, 2.05) is 11.6 Å². The molecule has 0 bridgehead atoms. The highest BCUT2D eigenvalue weighted by atomic mass is 16.5. The predicted octanol–water partition coefficient (Wildman–Crippen LogP) is 0.707. The van der Waals surface area contributed by atoms with Gasteiger partial charge in [0.2, 0.25) is 0 Å². The smallest absolute Gasteiger partial charge is 0.138 e. The zero-order valence-electron chi connectivity index (χ0n) is 7.40. The Morgan fingerprint density at radius 2 is 2.50 bits per heavy atom. The summed E-state index contributed by atoms with van der Waals surface area (Å²) in [5.41, 5.74) is 0. The molecule has 12 heavy (non-hydrogen) atoms. The van der Waals surface area contributed by atoms with Crippen molar-refractivity contribution in [1.29, 1.82) is 0 Å². The van der Waals surface area contributed by atoms with Crippen LogP contribution in [0.3, 0.4) is 0 Å². The second-order valence-electron chi connectivity index (χ2n) is 3.38. The molecule has 2 atom stereocenters. The molecule has 0 spiro atoms. The molecule has 4 nitrogen and oxygen atoms in total. The molecule has 2 unspecified atom stereocenters. The number of nitrogens with zero attached hydrogens (tertiary/aromatic N) is 3. The standard InChI is InChI=1S/C8H13N3O/c1-6-3-7(4-12-6)8-10-9-5-11(8)2/h5-7H,3-4H2,1-2H3. The van der Waals surface area contributed by atoms with Crippen LogP contribution in [0, 0.1) is 0 Å². The number of rotatable bonds is 1.